The number of nitrogens with zero attached hydrogens (tertiary/aromatic N) is 3. The lowest BCUT2D eigenvalue weighted by Crippen LogP contribution is -2.45. The van der Waals surface area contributed by atoms with Crippen LogP contribution in [0.15, 0.2) is 16.8 Å². The zero-order valence-corrected chi connectivity index (χ0v) is 15.5. The first-order valence-corrected chi connectivity index (χ1v) is 10.2. The summed E-state index contributed by atoms with van der Waals surface area (Å²) in [6.45, 7) is 10.3. The van der Waals surface area contributed by atoms with E-state index in [1.54, 1.807) is 4.31 Å². The van der Waals surface area contributed by atoms with Crippen molar-refractivity contribution in [3.05, 3.63) is 11.8 Å². The Kier molecular flexibility index (Phi) is 6.22. The Bertz CT molecular complexity index is 550. The molecular formula is C16H30N4O2S. The summed E-state index contributed by atoms with van der Waals surface area (Å²) < 4.78 is 29.0. The van der Waals surface area contributed by atoms with E-state index >= 15 is 0 Å². The molecule has 2 atom stereocenters. The van der Waals surface area contributed by atoms with Gasteiger partial charge in [-0.25, -0.2) is 0 Å². The number of rotatable bonds is 4. The van der Waals surface area contributed by atoms with Gasteiger partial charge >= 0.3 is 0 Å². The lowest BCUT2D eigenvalue weighted by Gasteiger charge is -2.23. The lowest BCUT2D eigenvalue weighted by molar-refractivity contribution is 0.449. The van der Waals surface area contributed by atoms with Gasteiger partial charge in [0.1, 0.15) is 0 Å². The minimum absolute atomic E-state index is 0.0563. The maximum Gasteiger partial charge on any atom is 0.279 e. The standard InChI is InChI=1S/C14H24N4O2S.C2H6/c1-11(2)14-8-13-7-12(9-17(13)10-15-14)16-21(19,20)18-5-3-4-6-18;1-2/h8,10-12,14,16H,3-7,9H2,1-2H3;1-2H3. The summed E-state index contributed by atoms with van der Waals surface area (Å²) >= 11 is 0. The van der Waals surface area contributed by atoms with Gasteiger partial charge in [0, 0.05) is 37.8 Å². The summed E-state index contributed by atoms with van der Waals surface area (Å²) in [7, 11) is -3.33. The zero-order valence-electron chi connectivity index (χ0n) is 14.7. The minimum atomic E-state index is -3.33. The van der Waals surface area contributed by atoms with Crippen LogP contribution in [-0.2, 0) is 10.2 Å². The summed E-state index contributed by atoms with van der Waals surface area (Å²) in [4.78, 5) is 6.58. The van der Waals surface area contributed by atoms with Crippen LogP contribution in [0.1, 0.15) is 47.0 Å². The Hall–Kier alpha value is -0.920. The molecule has 0 aromatic rings. The number of nitrogens with one attached hydrogen (secondary N) is 1. The molecule has 0 aromatic carbocycles. The van der Waals surface area contributed by atoms with E-state index in [-0.39, 0.29) is 12.1 Å². The van der Waals surface area contributed by atoms with Crippen LogP contribution in [0.3, 0.4) is 0 Å². The van der Waals surface area contributed by atoms with Gasteiger partial charge in [0.2, 0.25) is 0 Å². The molecule has 0 saturated carbocycles. The molecule has 0 bridgehead atoms. The third-order valence-corrected chi connectivity index (χ3v) is 6.06. The molecule has 0 amide bonds. The molecule has 3 rings (SSSR count). The highest BCUT2D eigenvalue weighted by Crippen LogP contribution is 2.27. The molecule has 2 fully saturated rings. The monoisotopic (exact) mass is 342 g/mol. The van der Waals surface area contributed by atoms with Crippen LogP contribution in [-0.4, -0.2) is 55.7 Å². The van der Waals surface area contributed by atoms with Gasteiger partial charge in [-0.2, -0.15) is 17.4 Å². The first-order valence-electron chi connectivity index (χ1n) is 8.74. The smallest absolute Gasteiger partial charge is 0.279 e. The Labute approximate surface area is 140 Å². The summed E-state index contributed by atoms with van der Waals surface area (Å²) in [5.41, 5.74) is 1.19. The molecule has 6 nitrogen and oxygen atoms in total. The molecule has 0 spiro atoms. The van der Waals surface area contributed by atoms with Crippen molar-refractivity contribution in [3.8, 4) is 0 Å². The molecule has 2 unspecified atom stereocenters. The number of hydrogen-bond acceptors (Lipinski definition) is 4. The van der Waals surface area contributed by atoms with Gasteiger partial charge in [0.25, 0.3) is 10.2 Å². The van der Waals surface area contributed by atoms with Crippen LogP contribution in [0.4, 0.5) is 0 Å². The number of hydrogen-bond donors (Lipinski definition) is 1. The van der Waals surface area contributed by atoms with E-state index in [9.17, 15) is 8.42 Å². The van der Waals surface area contributed by atoms with Gasteiger partial charge in [-0.1, -0.05) is 27.7 Å². The van der Waals surface area contributed by atoms with Crippen LogP contribution in [0.2, 0.25) is 0 Å². The molecular weight excluding hydrogens is 312 g/mol. The van der Waals surface area contributed by atoms with Gasteiger partial charge in [-0.15, -0.1) is 0 Å². The van der Waals surface area contributed by atoms with Gasteiger partial charge in [-0.05, 0) is 24.8 Å². The molecule has 3 aliphatic rings. The second-order valence-corrected chi connectivity index (χ2v) is 8.14. The maximum absolute atomic E-state index is 12.3. The fourth-order valence-electron chi connectivity index (χ4n) is 3.13. The van der Waals surface area contributed by atoms with Gasteiger partial charge in [0.05, 0.1) is 12.4 Å². The molecule has 1 N–H and O–H groups in total. The molecule has 0 aromatic heterocycles. The normalized spacial score (nSPS) is 27.7. The fraction of sp³-hybridized carbons (Fsp3) is 0.812. The van der Waals surface area contributed by atoms with Crippen LogP contribution in [0, 0.1) is 5.92 Å². The van der Waals surface area contributed by atoms with Gasteiger partial charge in [-0.3, -0.25) is 4.99 Å². The molecule has 0 aliphatic carbocycles. The second-order valence-electron chi connectivity index (χ2n) is 6.44. The van der Waals surface area contributed by atoms with Crippen LogP contribution >= 0.6 is 0 Å². The molecule has 3 aliphatic heterocycles. The average molecular weight is 343 g/mol. The Morgan fingerprint density at radius 2 is 1.91 bits per heavy atom. The van der Waals surface area contributed by atoms with Crippen molar-refractivity contribution in [1.29, 1.82) is 0 Å². The van der Waals surface area contributed by atoms with Crippen molar-refractivity contribution in [2.45, 2.75) is 59.0 Å². The van der Waals surface area contributed by atoms with Crippen LogP contribution in [0.25, 0.3) is 0 Å². The third kappa shape index (κ3) is 4.33. The molecule has 2 saturated heterocycles. The van der Waals surface area contributed by atoms with Crippen LogP contribution in [0.5, 0.6) is 0 Å². The Morgan fingerprint density at radius 1 is 1.26 bits per heavy atom. The highest BCUT2D eigenvalue weighted by molar-refractivity contribution is 7.87. The number of fused-ring (bicyclic) bond motifs is 1. The summed E-state index contributed by atoms with van der Waals surface area (Å²) in [5, 5.41) is 0. The Balaban J connectivity index is 0.000000924. The highest BCUT2D eigenvalue weighted by Gasteiger charge is 2.34. The molecule has 7 heteroatoms. The van der Waals surface area contributed by atoms with Crippen molar-refractivity contribution >= 4 is 16.5 Å². The predicted molar refractivity (Wildman–Crippen MR) is 94.5 cm³/mol. The van der Waals surface area contributed by atoms with Crippen molar-refractivity contribution in [2.24, 2.45) is 10.9 Å². The molecule has 3 heterocycles. The predicted octanol–water partition coefficient (Wildman–Crippen LogP) is 1.97. The van der Waals surface area contributed by atoms with E-state index in [1.807, 2.05) is 20.2 Å². The van der Waals surface area contributed by atoms with E-state index < -0.39 is 10.2 Å². The van der Waals surface area contributed by atoms with E-state index in [0.29, 0.717) is 25.6 Å². The highest BCUT2D eigenvalue weighted by atomic mass is 32.2. The van der Waals surface area contributed by atoms with E-state index in [0.717, 1.165) is 19.3 Å². The first kappa shape index (κ1) is 18.4. The van der Waals surface area contributed by atoms with Crippen molar-refractivity contribution in [1.82, 2.24) is 13.9 Å². The van der Waals surface area contributed by atoms with E-state index in [4.69, 9.17) is 0 Å². The van der Waals surface area contributed by atoms with E-state index in [1.165, 1.54) is 5.70 Å². The topological polar surface area (TPSA) is 65.0 Å². The molecule has 0 radical (unpaired) electrons. The summed E-state index contributed by atoms with van der Waals surface area (Å²) in [6.07, 6.45) is 6.72. The maximum atomic E-state index is 12.3. The first-order chi connectivity index (χ1) is 11.0. The molecule has 132 valence electrons. The van der Waals surface area contributed by atoms with Gasteiger partial charge < -0.3 is 4.90 Å². The van der Waals surface area contributed by atoms with Gasteiger partial charge in [0.15, 0.2) is 0 Å². The summed E-state index contributed by atoms with van der Waals surface area (Å²) in [5.74, 6) is 0.469. The lowest BCUT2D eigenvalue weighted by atomic mass is 10.0. The molecule has 23 heavy (non-hydrogen) atoms. The summed E-state index contributed by atoms with van der Waals surface area (Å²) in [6, 6.07) is 0.157. The fourth-order valence-corrected chi connectivity index (χ4v) is 4.60. The van der Waals surface area contributed by atoms with Crippen LogP contribution < -0.4 is 4.72 Å². The van der Waals surface area contributed by atoms with Crippen molar-refractivity contribution in [2.75, 3.05) is 19.6 Å². The number of aliphatic imine (C=N–C) groups is 1. The van der Waals surface area contributed by atoms with Crippen molar-refractivity contribution < 1.29 is 8.42 Å². The SMILES string of the molecule is CC.CC(C)C1C=C2CC(NS(=O)(=O)N3CCCC3)CN2C=N1. The van der Waals surface area contributed by atoms with E-state index in [2.05, 4.69) is 34.5 Å². The quantitative estimate of drug-likeness (QED) is 0.849. The minimum Gasteiger partial charge on any atom is -0.335 e. The average Bonchev–Trinajstić information content (AvgIpc) is 3.17. The third-order valence-electron chi connectivity index (χ3n) is 4.39. The zero-order chi connectivity index (χ0) is 17.0. The second kappa shape index (κ2) is 7.77. The largest absolute Gasteiger partial charge is 0.335 e. The van der Waals surface area contributed by atoms with Crippen molar-refractivity contribution in [3.63, 3.8) is 0 Å². The Morgan fingerprint density at radius 3 is 2.52 bits per heavy atom.